The van der Waals surface area contributed by atoms with Gasteiger partial charge in [0.1, 0.15) is 6.04 Å². The minimum atomic E-state index is -0.657. The lowest BCUT2D eigenvalue weighted by Crippen LogP contribution is -2.44. The van der Waals surface area contributed by atoms with E-state index in [0.29, 0.717) is 6.54 Å². The van der Waals surface area contributed by atoms with Gasteiger partial charge in [0, 0.05) is 6.54 Å². The van der Waals surface area contributed by atoms with E-state index in [-0.39, 0.29) is 17.6 Å². The Bertz CT molecular complexity index is 739. The highest BCUT2D eigenvalue weighted by Crippen LogP contribution is 2.17. The van der Waals surface area contributed by atoms with Crippen LogP contribution in [0.4, 0.5) is 0 Å². The molecule has 0 spiro atoms. The minimum absolute atomic E-state index is 0.228. The molecule has 8 heteroatoms. The number of aromatic nitrogens is 3. The summed E-state index contributed by atoms with van der Waals surface area (Å²) in [6, 6.07) is 9.22. The van der Waals surface area contributed by atoms with Crippen LogP contribution in [-0.4, -0.2) is 45.9 Å². The third kappa shape index (κ3) is 4.66. The van der Waals surface area contributed by atoms with Crippen LogP contribution >= 0.6 is 0 Å². The zero-order valence-corrected chi connectivity index (χ0v) is 14.8. The molecular formula is C18H24N6O2. The Morgan fingerprint density at radius 3 is 2.73 bits per heavy atom. The predicted molar refractivity (Wildman–Crippen MR) is 96.4 cm³/mol. The first-order valence-electron chi connectivity index (χ1n) is 8.88. The number of amides is 2. The molecule has 1 atom stereocenters. The van der Waals surface area contributed by atoms with Gasteiger partial charge in [-0.15, -0.1) is 5.10 Å². The Kier molecular flexibility index (Phi) is 5.96. The third-order valence-corrected chi connectivity index (χ3v) is 4.48. The van der Waals surface area contributed by atoms with Crippen molar-refractivity contribution in [2.24, 2.45) is 0 Å². The van der Waals surface area contributed by atoms with Crippen LogP contribution in [0.15, 0.2) is 36.5 Å². The summed E-state index contributed by atoms with van der Waals surface area (Å²) < 4.78 is 1.75. The van der Waals surface area contributed by atoms with Crippen LogP contribution in [0.25, 0.3) is 0 Å². The Morgan fingerprint density at radius 1 is 1.27 bits per heavy atom. The second-order valence-electron chi connectivity index (χ2n) is 6.46. The Balaban J connectivity index is 1.50. The highest BCUT2D eigenvalue weighted by Gasteiger charge is 2.21. The van der Waals surface area contributed by atoms with E-state index in [9.17, 15) is 9.59 Å². The third-order valence-electron chi connectivity index (χ3n) is 4.48. The standard InChI is InChI=1S/C18H24N6O2/c1-13(17(25)20-11-14-5-3-2-4-6-14)21-18(26)16-12-24(23-22-16)15-7-9-19-10-8-15/h2-6,12-13,15,19H,7-11H2,1H3,(H,20,25)(H,21,26). The molecule has 1 saturated heterocycles. The monoisotopic (exact) mass is 356 g/mol. The van der Waals surface area contributed by atoms with E-state index in [1.807, 2.05) is 30.3 Å². The first-order valence-corrected chi connectivity index (χ1v) is 8.88. The van der Waals surface area contributed by atoms with E-state index in [2.05, 4.69) is 26.3 Å². The number of nitrogens with zero attached hydrogens (tertiary/aromatic N) is 3. The lowest BCUT2D eigenvalue weighted by Gasteiger charge is -2.22. The topological polar surface area (TPSA) is 101 Å². The molecule has 1 aliphatic rings. The SMILES string of the molecule is CC(NC(=O)c1cn(C2CCNCC2)nn1)C(=O)NCc1ccccc1. The fourth-order valence-corrected chi connectivity index (χ4v) is 2.90. The van der Waals surface area contributed by atoms with E-state index in [4.69, 9.17) is 0 Å². The number of piperidine rings is 1. The Hall–Kier alpha value is -2.74. The molecule has 26 heavy (non-hydrogen) atoms. The van der Waals surface area contributed by atoms with Crippen LogP contribution in [0.2, 0.25) is 0 Å². The molecule has 1 unspecified atom stereocenters. The molecule has 3 rings (SSSR count). The number of hydrogen-bond donors (Lipinski definition) is 3. The highest BCUT2D eigenvalue weighted by molar-refractivity contribution is 5.95. The number of nitrogens with one attached hydrogen (secondary N) is 3. The smallest absolute Gasteiger partial charge is 0.274 e. The van der Waals surface area contributed by atoms with E-state index < -0.39 is 11.9 Å². The van der Waals surface area contributed by atoms with Crippen LogP contribution in [-0.2, 0) is 11.3 Å². The van der Waals surface area contributed by atoms with E-state index >= 15 is 0 Å². The van der Waals surface area contributed by atoms with Crippen LogP contribution in [0.1, 0.15) is 41.9 Å². The second kappa shape index (κ2) is 8.57. The molecular weight excluding hydrogens is 332 g/mol. The van der Waals surface area contributed by atoms with Gasteiger partial charge in [-0.3, -0.25) is 9.59 Å². The van der Waals surface area contributed by atoms with Gasteiger partial charge in [-0.2, -0.15) is 0 Å². The van der Waals surface area contributed by atoms with Gasteiger partial charge in [0.2, 0.25) is 5.91 Å². The predicted octanol–water partition coefficient (Wildman–Crippen LogP) is 0.637. The average Bonchev–Trinajstić information content (AvgIpc) is 3.18. The second-order valence-corrected chi connectivity index (χ2v) is 6.46. The molecule has 1 aromatic carbocycles. The summed E-state index contributed by atoms with van der Waals surface area (Å²) in [5.74, 6) is -0.638. The van der Waals surface area contributed by atoms with Gasteiger partial charge in [-0.1, -0.05) is 35.5 Å². The van der Waals surface area contributed by atoms with Gasteiger partial charge in [-0.25, -0.2) is 4.68 Å². The van der Waals surface area contributed by atoms with Gasteiger partial charge in [-0.05, 0) is 38.4 Å². The Morgan fingerprint density at radius 2 is 2.00 bits per heavy atom. The van der Waals surface area contributed by atoms with Gasteiger partial charge < -0.3 is 16.0 Å². The summed E-state index contributed by atoms with van der Waals surface area (Å²) in [7, 11) is 0. The first kappa shape index (κ1) is 18.1. The molecule has 1 fully saturated rings. The highest BCUT2D eigenvalue weighted by atomic mass is 16.2. The molecule has 2 aromatic rings. The zero-order valence-electron chi connectivity index (χ0n) is 14.8. The molecule has 2 amide bonds. The van der Waals surface area contributed by atoms with Crippen LogP contribution in [0.5, 0.6) is 0 Å². The van der Waals surface area contributed by atoms with Crippen molar-refractivity contribution in [2.75, 3.05) is 13.1 Å². The fraction of sp³-hybridized carbons (Fsp3) is 0.444. The fourth-order valence-electron chi connectivity index (χ4n) is 2.90. The quantitative estimate of drug-likeness (QED) is 0.705. The van der Waals surface area contributed by atoms with Crippen molar-refractivity contribution >= 4 is 11.8 Å². The van der Waals surface area contributed by atoms with Gasteiger partial charge >= 0.3 is 0 Å². The van der Waals surface area contributed by atoms with Crippen molar-refractivity contribution in [3.8, 4) is 0 Å². The number of carbonyl (C=O) groups is 2. The molecule has 138 valence electrons. The Labute approximate surface area is 152 Å². The number of hydrogen-bond acceptors (Lipinski definition) is 5. The number of benzene rings is 1. The lowest BCUT2D eigenvalue weighted by molar-refractivity contribution is -0.122. The summed E-state index contributed by atoms with van der Waals surface area (Å²) in [6.07, 6.45) is 3.57. The number of rotatable bonds is 6. The largest absolute Gasteiger partial charge is 0.350 e. The normalized spacial score (nSPS) is 16.0. The lowest BCUT2D eigenvalue weighted by atomic mass is 10.1. The summed E-state index contributed by atoms with van der Waals surface area (Å²) in [6.45, 7) is 3.94. The maximum Gasteiger partial charge on any atom is 0.274 e. The summed E-state index contributed by atoms with van der Waals surface area (Å²) >= 11 is 0. The van der Waals surface area contributed by atoms with Gasteiger partial charge in [0.25, 0.3) is 5.91 Å². The summed E-state index contributed by atoms with van der Waals surface area (Å²) in [4.78, 5) is 24.5. The van der Waals surface area contributed by atoms with Gasteiger partial charge in [0.15, 0.2) is 5.69 Å². The summed E-state index contributed by atoms with van der Waals surface area (Å²) in [5, 5.41) is 16.8. The van der Waals surface area contributed by atoms with Crippen LogP contribution in [0, 0.1) is 0 Å². The molecule has 3 N–H and O–H groups in total. The molecule has 1 aliphatic heterocycles. The van der Waals surface area contributed by atoms with Crippen molar-refractivity contribution in [1.82, 2.24) is 30.9 Å². The maximum atomic E-state index is 12.3. The van der Waals surface area contributed by atoms with Crippen LogP contribution < -0.4 is 16.0 Å². The molecule has 1 aromatic heterocycles. The van der Waals surface area contributed by atoms with Crippen molar-refractivity contribution < 1.29 is 9.59 Å². The van der Waals surface area contributed by atoms with Crippen molar-refractivity contribution in [3.63, 3.8) is 0 Å². The van der Waals surface area contributed by atoms with E-state index in [0.717, 1.165) is 31.5 Å². The summed E-state index contributed by atoms with van der Waals surface area (Å²) in [5.41, 5.74) is 1.23. The number of carbonyl (C=O) groups excluding carboxylic acids is 2. The van der Waals surface area contributed by atoms with Crippen molar-refractivity contribution in [2.45, 2.75) is 38.4 Å². The van der Waals surface area contributed by atoms with Gasteiger partial charge in [0.05, 0.1) is 12.2 Å². The maximum absolute atomic E-state index is 12.3. The first-order chi connectivity index (χ1) is 12.6. The molecule has 8 nitrogen and oxygen atoms in total. The van der Waals surface area contributed by atoms with Crippen molar-refractivity contribution in [3.05, 3.63) is 47.8 Å². The van der Waals surface area contributed by atoms with Crippen LogP contribution in [0.3, 0.4) is 0 Å². The molecule has 0 radical (unpaired) electrons. The molecule has 0 saturated carbocycles. The molecule has 0 aliphatic carbocycles. The zero-order chi connectivity index (χ0) is 18.4. The minimum Gasteiger partial charge on any atom is -0.350 e. The van der Waals surface area contributed by atoms with E-state index in [1.54, 1.807) is 17.8 Å². The van der Waals surface area contributed by atoms with E-state index in [1.165, 1.54) is 0 Å². The molecule has 0 bridgehead atoms. The van der Waals surface area contributed by atoms with Crippen molar-refractivity contribution in [1.29, 1.82) is 0 Å². The molecule has 2 heterocycles. The average molecular weight is 356 g/mol.